The van der Waals surface area contributed by atoms with E-state index in [1.54, 1.807) is 17.8 Å². The zero-order valence-corrected chi connectivity index (χ0v) is 36.9. The molecule has 0 aliphatic carbocycles. The largest absolute Gasteiger partial charge is 0.509 e. The fourth-order valence-electron chi connectivity index (χ4n) is 7.88. The van der Waals surface area contributed by atoms with Gasteiger partial charge in [-0.1, -0.05) is 109 Å². The third kappa shape index (κ3) is 7.49. The Morgan fingerprint density at radius 1 is 0.650 bits per heavy atom. The van der Waals surface area contributed by atoms with Gasteiger partial charge in [-0.3, -0.25) is 0 Å². The van der Waals surface area contributed by atoms with Crippen molar-refractivity contribution in [3.05, 3.63) is 175 Å². The first-order chi connectivity index (χ1) is 28.3. The van der Waals surface area contributed by atoms with Crippen LogP contribution in [-0.4, -0.2) is 9.55 Å². The zero-order valence-electron chi connectivity index (χ0n) is 34.6. The summed E-state index contributed by atoms with van der Waals surface area (Å²) in [5.41, 5.74) is 9.02. The topological polar surface area (TPSA) is 33.5 Å². The molecule has 0 saturated carbocycles. The van der Waals surface area contributed by atoms with Crippen LogP contribution in [0.5, 0.6) is 11.5 Å². The molecule has 0 radical (unpaired) electrons. The van der Waals surface area contributed by atoms with E-state index >= 15 is 8.78 Å². The zero-order chi connectivity index (χ0) is 41.2. The second-order valence-electron chi connectivity index (χ2n) is 16.9. The van der Waals surface area contributed by atoms with E-state index in [9.17, 15) is 0 Å². The van der Waals surface area contributed by atoms with Gasteiger partial charge in [-0.2, -0.15) is 6.07 Å². The second-order valence-corrected chi connectivity index (χ2v) is 16.9. The number of rotatable bonds is 8. The fourth-order valence-corrected chi connectivity index (χ4v) is 7.88. The average Bonchev–Trinajstić information content (AvgIpc) is 3.76. The summed E-state index contributed by atoms with van der Waals surface area (Å²) in [6.45, 7) is 16.9. The first-order valence-corrected chi connectivity index (χ1v) is 20.1. The van der Waals surface area contributed by atoms with E-state index in [2.05, 4.69) is 119 Å². The number of ether oxygens (including phenoxy) is 1. The predicted octanol–water partition coefficient (Wildman–Crippen LogP) is 14.5. The Balaban J connectivity index is 0.00000499. The Labute approximate surface area is 365 Å². The molecular formula is C52H45F2N4OPt-3. The minimum absolute atomic E-state index is 0. The number of nitrogens with zero attached hydrogens (tertiary/aromatic N) is 4. The number of pyridine rings is 1. The van der Waals surface area contributed by atoms with E-state index in [0.717, 1.165) is 50.0 Å². The van der Waals surface area contributed by atoms with Crippen molar-refractivity contribution < 1.29 is 34.6 Å². The molecule has 1 aliphatic rings. The van der Waals surface area contributed by atoms with Crippen molar-refractivity contribution in [1.82, 2.24) is 9.55 Å². The third-order valence-corrected chi connectivity index (χ3v) is 11.2. The molecule has 9 rings (SSSR count). The molecule has 1 aliphatic heterocycles. The summed E-state index contributed by atoms with van der Waals surface area (Å²) in [6, 6.07) is 46.1. The third-order valence-electron chi connectivity index (χ3n) is 11.2. The van der Waals surface area contributed by atoms with Gasteiger partial charge in [0.2, 0.25) is 0 Å². The number of halogens is 2. The van der Waals surface area contributed by atoms with E-state index in [1.807, 2.05) is 59.5 Å². The monoisotopic (exact) mass is 974 g/mol. The molecule has 60 heavy (non-hydrogen) atoms. The summed E-state index contributed by atoms with van der Waals surface area (Å²) in [4.78, 5) is 8.22. The van der Waals surface area contributed by atoms with Crippen LogP contribution in [0.2, 0.25) is 0 Å². The van der Waals surface area contributed by atoms with E-state index in [4.69, 9.17) is 4.74 Å². The van der Waals surface area contributed by atoms with Crippen LogP contribution in [-0.2, 0) is 26.5 Å². The van der Waals surface area contributed by atoms with Crippen LogP contribution >= 0.6 is 0 Å². The minimum atomic E-state index is -0.655. The molecular weight excluding hydrogens is 930 g/mol. The first-order valence-electron chi connectivity index (χ1n) is 20.1. The molecule has 2 aromatic heterocycles. The van der Waals surface area contributed by atoms with Gasteiger partial charge in [0.15, 0.2) is 0 Å². The van der Waals surface area contributed by atoms with Crippen LogP contribution in [0.3, 0.4) is 0 Å². The van der Waals surface area contributed by atoms with Crippen molar-refractivity contribution in [1.29, 1.82) is 0 Å². The Bertz CT molecular complexity index is 2830. The van der Waals surface area contributed by atoms with Crippen molar-refractivity contribution >= 4 is 44.6 Å². The normalized spacial score (nSPS) is 12.8. The number of aromatic nitrogens is 2. The smallest absolute Gasteiger partial charge is 0.147 e. The number of benzene rings is 6. The van der Waals surface area contributed by atoms with Crippen LogP contribution in [0.1, 0.15) is 77.0 Å². The van der Waals surface area contributed by atoms with Crippen molar-refractivity contribution in [2.24, 2.45) is 0 Å². The van der Waals surface area contributed by atoms with Gasteiger partial charge in [0, 0.05) is 55.7 Å². The fraction of sp³-hybridized carbons (Fsp3) is 0.192. The Morgan fingerprint density at radius 2 is 1.35 bits per heavy atom. The summed E-state index contributed by atoms with van der Waals surface area (Å²) in [7, 11) is 0. The first kappa shape index (κ1) is 41.0. The molecule has 0 amide bonds. The van der Waals surface area contributed by atoms with Gasteiger partial charge in [-0.15, -0.1) is 53.6 Å². The summed E-state index contributed by atoms with van der Waals surface area (Å²) >= 11 is 0. The standard InChI is InChI=1S/C52H45F2N4O.Pt/c1-32(2)34-23-35(33(3)4)25-36(24-34)37-26-39(56-31-57(51-44(53)14-12-15-45(51)54)49-28-38(52(5,6)7)18-21-47(49)56)29-41(27-37)59-40-19-20-43-42-13-8-9-16-46(42)58(48(43)30-40)50-17-10-11-22-55-50;/h8-28,31-33H,1-7H3;/q-3;. The van der Waals surface area contributed by atoms with Gasteiger partial charge < -0.3 is 19.1 Å². The SMILES string of the molecule is CC(C)c1cc(-c2cc(Oc3[c-]c4c(cc3)c3ccccc3n4-c3ccccn3)[c-]c(N3[CH-]N(c4c(F)cccc4F)c4cc(C(C)(C)C)ccc43)c2)cc(C(C)C)c1.[Pt]. The maximum Gasteiger partial charge on any atom is 0.147 e. The van der Waals surface area contributed by atoms with Gasteiger partial charge in [-0.05, 0) is 87.4 Å². The van der Waals surface area contributed by atoms with Gasteiger partial charge in [0.1, 0.15) is 17.5 Å². The van der Waals surface area contributed by atoms with E-state index in [1.165, 1.54) is 29.3 Å². The molecule has 8 heteroatoms. The van der Waals surface area contributed by atoms with E-state index < -0.39 is 11.6 Å². The van der Waals surface area contributed by atoms with Gasteiger partial charge in [0.05, 0.1) is 5.69 Å². The summed E-state index contributed by atoms with van der Waals surface area (Å²) in [6.07, 6.45) is 1.79. The molecule has 8 aromatic rings. The molecule has 5 nitrogen and oxygen atoms in total. The van der Waals surface area contributed by atoms with Gasteiger partial charge >= 0.3 is 0 Å². The molecule has 6 aromatic carbocycles. The van der Waals surface area contributed by atoms with Gasteiger partial charge in [0.25, 0.3) is 0 Å². The molecule has 0 saturated heterocycles. The summed E-state index contributed by atoms with van der Waals surface area (Å²) < 4.78 is 40.1. The molecule has 0 fully saturated rings. The molecule has 306 valence electrons. The quantitative estimate of drug-likeness (QED) is 0.142. The molecule has 0 atom stereocenters. The number of hydrogen-bond acceptors (Lipinski definition) is 4. The molecule has 3 heterocycles. The van der Waals surface area contributed by atoms with E-state index in [0.29, 0.717) is 34.7 Å². The van der Waals surface area contributed by atoms with Gasteiger partial charge in [-0.25, -0.2) is 13.8 Å². The summed E-state index contributed by atoms with van der Waals surface area (Å²) in [5, 5.41) is 2.12. The Hall–Kier alpha value is -5.78. The van der Waals surface area contributed by atoms with Crippen molar-refractivity contribution in [3.63, 3.8) is 0 Å². The summed E-state index contributed by atoms with van der Waals surface area (Å²) in [5.74, 6) is 1.06. The van der Waals surface area contributed by atoms with Crippen LogP contribution in [0, 0.1) is 30.4 Å². The van der Waals surface area contributed by atoms with Crippen molar-refractivity contribution in [2.75, 3.05) is 9.80 Å². The predicted molar refractivity (Wildman–Crippen MR) is 236 cm³/mol. The minimum Gasteiger partial charge on any atom is -0.509 e. The number of hydrogen-bond donors (Lipinski definition) is 0. The molecule has 0 unspecified atom stereocenters. The maximum atomic E-state index is 15.6. The Kier molecular flexibility index (Phi) is 10.9. The molecule has 0 spiro atoms. The maximum absolute atomic E-state index is 15.6. The number of para-hydroxylation sites is 2. The van der Waals surface area contributed by atoms with Crippen LogP contribution in [0.4, 0.5) is 31.5 Å². The van der Waals surface area contributed by atoms with Crippen molar-refractivity contribution in [2.45, 2.75) is 65.7 Å². The molecule has 0 N–H and O–H groups in total. The molecule has 0 bridgehead atoms. The van der Waals surface area contributed by atoms with E-state index in [-0.39, 0.29) is 32.2 Å². The number of anilines is 4. The number of fused-ring (bicyclic) bond motifs is 4. The Morgan fingerprint density at radius 3 is 2.03 bits per heavy atom. The second kappa shape index (κ2) is 16.0. The van der Waals surface area contributed by atoms with Crippen LogP contribution in [0.25, 0.3) is 38.8 Å². The van der Waals surface area contributed by atoms with Crippen LogP contribution < -0.4 is 14.5 Å². The van der Waals surface area contributed by atoms with Crippen molar-refractivity contribution in [3.8, 4) is 28.4 Å². The van der Waals surface area contributed by atoms with Crippen LogP contribution in [0.15, 0.2) is 128 Å². The average molecular weight is 975 g/mol.